The van der Waals surface area contributed by atoms with Crippen molar-refractivity contribution in [1.29, 1.82) is 0 Å². The summed E-state index contributed by atoms with van der Waals surface area (Å²) in [7, 11) is 0. The minimum atomic E-state index is 0.711. The average Bonchev–Trinajstić information content (AvgIpc) is 3.21. The molecule has 0 atom stereocenters. The van der Waals surface area contributed by atoms with Crippen LogP contribution >= 0.6 is 11.3 Å². The Hall–Kier alpha value is -2.87. The van der Waals surface area contributed by atoms with Gasteiger partial charge in [0.2, 0.25) is 0 Å². The van der Waals surface area contributed by atoms with Crippen molar-refractivity contribution in [2.24, 2.45) is 0 Å². The monoisotopic (exact) mass is 294 g/mol. The number of nitrogens with zero attached hydrogens (tertiary/aromatic N) is 6. The Morgan fingerprint density at radius 3 is 2.67 bits per heavy atom. The highest BCUT2D eigenvalue weighted by molar-refractivity contribution is 7.13. The van der Waals surface area contributed by atoms with E-state index in [2.05, 4.69) is 31.1 Å². The van der Waals surface area contributed by atoms with Crippen LogP contribution in [0, 0.1) is 0 Å². The number of rotatable bonds is 1. The fourth-order valence-corrected chi connectivity index (χ4v) is 3.30. The molecule has 0 amide bonds. The molecule has 0 aromatic carbocycles. The summed E-state index contributed by atoms with van der Waals surface area (Å²) in [6.07, 6.45) is 6.72. The van der Waals surface area contributed by atoms with Gasteiger partial charge in [0, 0.05) is 0 Å². The van der Waals surface area contributed by atoms with Crippen LogP contribution in [0.2, 0.25) is 0 Å². The topological polar surface area (TPSA) is 75.9 Å². The Kier molecular flexibility index (Phi) is 1.98. The zero-order chi connectivity index (χ0) is 13.8. The molecule has 0 unspecified atom stereocenters. The average molecular weight is 294 g/mol. The third kappa shape index (κ3) is 1.34. The van der Waals surface area contributed by atoms with Crippen LogP contribution in [0.1, 0.15) is 0 Å². The van der Waals surface area contributed by atoms with Gasteiger partial charge in [0.25, 0.3) is 11.3 Å². The van der Waals surface area contributed by atoms with Crippen molar-refractivity contribution < 1.29 is 4.52 Å². The predicted molar refractivity (Wildman–Crippen MR) is 76.9 cm³/mol. The molecule has 0 aliphatic heterocycles. The van der Waals surface area contributed by atoms with Crippen LogP contribution < -0.4 is 4.52 Å². The first kappa shape index (κ1) is 10.9. The standard InChI is InChI=1S/C13H8N7S/c1-2-8(21-7-1)10-9-12(16-5-3-14-9)19-13-11(18-20(10)19)15-4-6-17-13/h1-7H,(H,15,18)/q+1. The Labute approximate surface area is 121 Å². The first-order chi connectivity index (χ1) is 10.4. The summed E-state index contributed by atoms with van der Waals surface area (Å²) < 4.78 is 3.81. The van der Waals surface area contributed by atoms with Crippen LogP contribution in [-0.2, 0) is 0 Å². The maximum Gasteiger partial charge on any atom is 0.312 e. The lowest BCUT2D eigenvalue weighted by Gasteiger charge is -1.91. The molecular weight excluding hydrogens is 286 g/mol. The van der Waals surface area contributed by atoms with Crippen molar-refractivity contribution >= 4 is 33.8 Å². The van der Waals surface area contributed by atoms with Gasteiger partial charge in [-0.2, -0.15) is 5.10 Å². The number of hydrogen-bond donors (Lipinski definition) is 1. The van der Waals surface area contributed by atoms with Crippen molar-refractivity contribution in [3.8, 4) is 10.6 Å². The van der Waals surface area contributed by atoms with Gasteiger partial charge in [-0.3, -0.25) is 0 Å². The molecule has 5 heterocycles. The van der Waals surface area contributed by atoms with Gasteiger partial charge in [-0.05, 0) is 11.4 Å². The van der Waals surface area contributed by atoms with E-state index >= 15 is 0 Å². The number of fused-ring (bicyclic) bond motifs is 5. The molecule has 1 N–H and O–H groups in total. The lowest BCUT2D eigenvalue weighted by atomic mass is 10.3. The molecule has 0 saturated carbocycles. The van der Waals surface area contributed by atoms with E-state index in [1.807, 2.05) is 20.6 Å². The highest BCUT2D eigenvalue weighted by atomic mass is 32.1. The summed E-state index contributed by atoms with van der Waals surface area (Å²) >= 11 is 1.66. The molecule has 5 aromatic rings. The van der Waals surface area contributed by atoms with Crippen LogP contribution in [0.3, 0.4) is 0 Å². The van der Waals surface area contributed by atoms with Crippen molar-refractivity contribution in [2.45, 2.75) is 0 Å². The van der Waals surface area contributed by atoms with Gasteiger partial charge in [0.1, 0.15) is 12.4 Å². The van der Waals surface area contributed by atoms with Crippen LogP contribution in [-0.4, -0.2) is 29.7 Å². The number of H-pyrrole nitrogens is 1. The van der Waals surface area contributed by atoms with Crippen LogP contribution in [0.15, 0.2) is 42.3 Å². The number of hydrogen-bond acceptors (Lipinski definition) is 5. The Bertz CT molecular complexity index is 1090. The second-order valence-electron chi connectivity index (χ2n) is 4.52. The Morgan fingerprint density at radius 1 is 1.00 bits per heavy atom. The molecule has 5 aromatic heterocycles. The van der Waals surface area contributed by atoms with Crippen LogP contribution in [0.4, 0.5) is 0 Å². The number of thiophene rings is 1. The van der Waals surface area contributed by atoms with E-state index in [1.165, 1.54) is 0 Å². The first-order valence-electron chi connectivity index (χ1n) is 6.33. The first-order valence-corrected chi connectivity index (χ1v) is 7.21. The van der Waals surface area contributed by atoms with E-state index in [9.17, 15) is 0 Å². The van der Waals surface area contributed by atoms with Crippen molar-refractivity contribution in [1.82, 2.24) is 29.7 Å². The highest BCUT2D eigenvalue weighted by Gasteiger charge is 2.25. The molecule has 5 rings (SSSR count). The molecular formula is C13H8N7S+. The van der Waals surface area contributed by atoms with E-state index in [1.54, 1.807) is 36.1 Å². The second kappa shape index (κ2) is 3.83. The SMILES string of the molecule is c1csc(-c2c3nccnc3[n+]3c4nccnc4[nH]n23)c1. The molecule has 0 fully saturated rings. The van der Waals surface area contributed by atoms with E-state index in [0.29, 0.717) is 5.65 Å². The second-order valence-corrected chi connectivity index (χ2v) is 5.47. The Balaban J connectivity index is 2.10. The zero-order valence-corrected chi connectivity index (χ0v) is 11.4. The van der Waals surface area contributed by atoms with E-state index in [0.717, 1.165) is 27.4 Å². The molecule has 0 aliphatic carbocycles. The summed E-state index contributed by atoms with van der Waals surface area (Å²) in [5.74, 6) is 0. The zero-order valence-electron chi connectivity index (χ0n) is 10.6. The molecule has 100 valence electrons. The maximum atomic E-state index is 4.49. The molecule has 7 nitrogen and oxygen atoms in total. The Morgan fingerprint density at radius 2 is 1.81 bits per heavy atom. The van der Waals surface area contributed by atoms with Gasteiger partial charge in [0.15, 0.2) is 11.2 Å². The highest BCUT2D eigenvalue weighted by Crippen LogP contribution is 2.28. The molecule has 21 heavy (non-hydrogen) atoms. The normalized spacial score (nSPS) is 11.8. The number of aromatic amines is 1. The van der Waals surface area contributed by atoms with Gasteiger partial charge in [0.05, 0.1) is 17.3 Å². The fraction of sp³-hybridized carbons (Fsp3) is 0. The lowest BCUT2D eigenvalue weighted by Crippen LogP contribution is -2.27. The molecule has 0 bridgehead atoms. The minimum absolute atomic E-state index is 0.711. The van der Waals surface area contributed by atoms with Gasteiger partial charge in [-0.25, -0.2) is 9.97 Å². The summed E-state index contributed by atoms with van der Waals surface area (Å²) in [6, 6.07) is 4.08. The smallest absolute Gasteiger partial charge is 0.245 e. The molecule has 0 radical (unpaired) electrons. The van der Waals surface area contributed by atoms with E-state index < -0.39 is 0 Å². The molecule has 0 aliphatic rings. The summed E-state index contributed by atoms with van der Waals surface area (Å²) in [6.45, 7) is 0. The van der Waals surface area contributed by atoms with Crippen molar-refractivity contribution in [2.75, 3.05) is 0 Å². The summed E-state index contributed by atoms with van der Waals surface area (Å²) in [5.41, 5.74) is 4.00. The largest absolute Gasteiger partial charge is 0.312 e. The van der Waals surface area contributed by atoms with Crippen molar-refractivity contribution in [3.63, 3.8) is 0 Å². The molecule has 0 saturated heterocycles. The third-order valence-electron chi connectivity index (χ3n) is 3.36. The third-order valence-corrected chi connectivity index (χ3v) is 4.24. The van der Waals surface area contributed by atoms with Gasteiger partial charge in [-0.15, -0.1) is 30.5 Å². The summed E-state index contributed by atoms with van der Waals surface area (Å²) in [5, 5.41) is 5.30. The minimum Gasteiger partial charge on any atom is -0.245 e. The van der Waals surface area contributed by atoms with Gasteiger partial charge < -0.3 is 0 Å². The molecule has 0 spiro atoms. The summed E-state index contributed by atoms with van der Waals surface area (Å²) in [4.78, 5) is 18.8. The lowest BCUT2D eigenvalue weighted by molar-refractivity contribution is -0.569. The quantitative estimate of drug-likeness (QED) is 0.475. The van der Waals surface area contributed by atoms with E-state index in [-0.39, 0.29) is 0 Å². The molecule has 8 heteroatoms. The van der Waals surface area contributed by atoms with Crippen LogP contribution in [0.5, 0.6) is 0 Å². The van der Waals surface area contributed by atoms with Gasteiger partial charge in [-0.1, -0.05) is 6.07 Å². The van der Waals surface area contributed by atoms with Crippen molar-refractivity contribution in [3.05, 3.63) is 42.3 Å². The number of nitrogens with one attached hydrogen (secondary N) is 1. The van der Waals surface area contributed by atoms with Crippen LogP contribution in [0.25, 0.3) is 33.0 Å². The predicted octanol–water partition coefficient (Wildman–Crippen LogP) is 1.47. The number of aromatic nitrogens is 7. The van der Waals surface area contributed by atoms with Gasteiger partial charge >= 0.3 is 5.65 Å². The maximum absolute atomic E-state index is 4.49. The van der Waals surface area contributed by atoms with E-state index in [4.69, 9.17) is 0 Å². The fourth-order valence-electron chi connectivity index (χ4n) is 2.55.